The van der Waals surface area contributed by atoms with E-state index in [9.17, 15) is 4.79 Å². The molecule has 0 aromatic heterocycles. The molecular weight excluding hydrogens is 226 g/mol. The minimum Gasteiger partial charge on any atom is -0.481 e. The van der Waals surface area contributed by atoms with Crippen LogP contribution in [-0.4, -0.2) is 24.7 Å². The van der Waals surface area contributed by atoms with E-state index in [2.05, 4.69) is 4.90 Å². The van der Waals surface area contributed by atoms with Crippen molar-refractivity contribution in [3.05, 3.63) is 28.8 Å². The van der Waals surface area contributed by atoms with E-state index in [0.29, 0.717) is 6.42 Å². The first kappa shape index (κ1) is 11.3. The van der Waals surface area contributed by atoms with Gasteiger partial charge in [-0.05, 0) is 18.1 Å². The molecule has 0 saturated heterocycles. The number of fused-ring (bicyclic) bond motifs is 1. The van der Waals surface area contributed by atoms with Crippen LogP contribution in [0.15, 0.2) is 18.2 Å². The lowest BCUT2D eigenvalue weighted by molar-refractivity contribution is -0.137. The minimum absolute atomic E-state index is 0.213. The number of carbonyl (C=O) groups is 1. The molecule has 1 aromatic rings. The van der Waals surface area contributed by atoms with Crippen molar-refractivity contribution in [2.24, 2.45) is 0 Å². The Balaban J connectivity index is 2.22. The van der Waals surface area contributed by atoms with E-state index in [0.717, 1.165) is 17.3 Å². The number of hydrogen-bond acceptors (Lipinski definition) is 2. The number of para-hydroxylation sites is 1. The average molecular weight is 240 g/mol. The summed E-state index contributed by atoms with van der Waals surface area (Å²) in [6.45, 7) is 0.854. The molecule has 4 heteroatoms. The number of anilines is 1. The summed E-state index contributed by atoms with van der Waals surface area (Å²) in [5.74, 6) is -0.451. The Hall–Kier alpha value is -1.22. The van der Waals surface area contributed by atoms with Crippen LogP contribution in [0, 0.1) is 0 Å². The summed E-state index contributed by atoms with van der Waals surface area (Å²) < 4.78 is 0. The van der Waals surface area contributed by atoms with Gasteiger partial charge < -0.3 is 10.0 Å². The largest absolute Gasteiger partial charge is 0.481 e. The Kier molecular flexibility index (Phi) is 3.06. The Morgan fingerprint density at radius 3 is 3.06 bits per heavy atom. The van der Waals surface area contributed by atoms with E-state index in [1.807, 2.05) is 25.2 Å². The van der Waals surface area contributed by atoms with Gasteiger partial charge in [0.05, 0.1) is 10.7 Å². The molecule has 3 nitrogen and oxygen atoms in total. The van der Waals surface area contributed by atoms with Gasteiger partial charge in [-0.2, -0.15) is 0 Å². The molecule has 0 fully saturated rings. The quantitative estimate of drug-likeness (QED) is 0.882. The van der Waals surface area contributed by atoms with Gasteiger partial charge in [0, 0.05) is 25.9 Å². The van der Waals surface area contributed by atoms with E-state index in [1.54, 1.807) is 0 Å². The number of benzene rings is 1. The lowest BCUT2D eigenvalue weighted by Crippen LogP contribution is -2.16. The van der Waals surface area contributed by atoms with Gasteiger partial charge in [-0.1, -0.05) is 23.7 Å². The summed E-state index contributed by atoms with van der Waals surface area (Å²) in [4.78, 5) is 12.7. The molecule has 16 heavy (non-hydrogen) atoms. The first-order valence-electron chi connectivity index (χ1n) is 5.31. The van der Waals surface area contributed by atoms with Crippen molar-refractivity contribution in [3.8, 4) is 0 Å². The molecule has 1 atom stereocenters. The first-order valence-corrected chi connectivity index (χ1v) is 5.68. The third-order valence-corrected chi connectivity index (χ3v) is 3.35. The highest BCUT2D eigenvalue weighted by Crippen LogP contribution is 2.41. The second kappa shape index (κ2) is 4.34. The molecule has 1 aliphatic rings. The summed E-state index contributed by atoms with van der Waals surface area (Å²) in [6, 6.07) is 5.84. The van der Waals surface area contributed by atoms with Crippen LogP contribution in [0.5, 0.6) is 0 Å². The first-order chi connectivity index (χ1) is 7.59. The molecule has 1 unspecified atom stereocenters. The molecule has 1 heterocycles. The Morgan fingerprint density at radius 1 is 1.62 bits per heavy atom. The van der Waals surface area contributed by atoms with Crippen molar-refractivity contribution >= 4 is 23.3 Å². The lowest BCUT2D eigenvalue weighted by atomic mass is 9.96. The number of rotatable bonds is 3. The molecule has 0 radical (unpaired) electrons. The molecule has 86 valence electrons. The Labute approximate surface area is 99.6 Å². The highest BCUT2D eigenvalue weighted by atomic mass is 35.5. The number of halogens is 1. The Morgan fingerprint density at radius 2 is 2.38 bits per heavy atom. The SMILES string of the molecule is CN1CC(CCC(=O)O)c2cccc(Cl)c21. The van der Waals surface area contributed by atoms with Gasteiger partial charge in [-0.25, -0.2) is 0 Å². The summed E-state index contributed by atoms with van der Waals surface area (Å²) >= 11 is 6.13. The van der Waals surface area contributed by atoms with Crippen molar-refractivity contribution in [3.63, 3.8) is 0 Å². The predicted molar refractivity (Wildman–Crippen MR) is 64.3 cm³/mol. The third kappa shape index (κ3) is 2.00. The predicted octanol–water partition coefficient (Wildman–Crippen LogP) is 2.74. The molecule has 1 aliphatic heterocycles. The maximum absolute atomic E-state index is 10.6. The number of carboxylic acid groups (broad SMARTS) is 1. The zero-order valence-electron chi connectivity index (χ0n) is 9.11. The molecule has 0 saturated carbocycles. The van der Waals surface area contributed by atoms with E-state index in [1.165, 1.54) is 5.56 Å². The van der Waals surface area contributed by atoms with Crippen LogP contribution in [0.4, 0.5) is 5.69 Å². The van der Waals surface area contributed by atoms with Crippen LogP contribution in [0.25, 0.3) is 0 Å². The fourth-order valence-corrected chi connectivity index (χ4v) is 2.66. The molecule has 1 aromatic carbocycles. The van der Waals surface area contributed by atoms with E-state index >= 15 is 0 Å². The molecule has 1 N–H and O–H groups in total. The van der Waals surface area contributed by atoms with E-state index < -0.39 is 5.97 Å². The van der Waals surface area contributed by atoms with Crippen LogP contribution >= 0.6 is 11.6 Å². The topological polar surface area (TPSA) is 40.5 Å². The number of hydrogen-bond donors (Lipinski definition) is 1. The maximum Gasteiger partial charge on any atom is 0.303 e. The fraction of sp³-hybridized carbons (Fsp3) is 0.417. The summed E-state index contributed by atoms with van der Waals surface area (Å²) in [5, 5.41) is 9.45. The monoisotopic (exact) mass is 239 g/mol. The number of carboxylic acids is 1. The smallest absolute Gasteiger partial charge is 0.303 e. The zero-order chi connectivity index (χ0) is 11.7. The molecule has 0 aliphatic carbocycles. The fourth-order valence-electron chi connectivity index (χ4n) is 2.33. The van der Waals surface area contributed by atoms with Gasteiger partial charge >= 0.3 is 5.97 Å². The lowest BCUT2D eigenvalue weighted by Gasteiger charge is -2.13. The number of aliphatic carboxylic acids is 1. The molecular formula is C12H14ClNO2. The van der Waals surface area contributed by atoms with E-state index in [4.69, 9.17) is 16.7 Å². The van der Waals surface area contributed by atoms with Crippen molar-refractivity contribution in [2.75, 3.05) is 18.5 Å². The molecule has 0 bridgehead atoms. The number of nitrogens with zero attached hydrogens (tertiary/aromatic N) is 1. The average Bonchev–Trinajstić information content (AvgIpc) is 2.54. The van der Waals surface area contributed by atoms with Gasteiger partial charge in [0.15, 0.2) is 0 Å². The van der Waals surface area contributed by atoms with Crippen LogP contribution < -0.4 is 4.90 Å². The van der Waals surface area contributed by atoms with Crippen molar-refractivity contribution < 1.29 is 9.90 Å². The maximum atomic E-state index is 10.6. The summed E-state index contributed by atoms with van der Waals surface area (Å²) in [6.07, 6.45) is 0.886. The molecule has 0 spiro atoms. The van der Waals surface area contributed by atoms with Gasteiger partial charge in [0.1, 0.15) is 0 Å². The van der Waals surface area contributed by atoms with E-state index in [-0.39, 0.29) is 12.3 Å². The second-order valence-electron chi connectivity index (χ2n) is 4.19. The van der Waals surface area contributed by atoms with Crippen LogP contribution in [-0.2, 0) is 4.79 Å². The summed E-state index contributed by atoms with van der Waals surface area (Å²) in [7, 11) is 1.99. The highest BCUT2D eigenvalue weighted by Gasteiger charge is 2.28. The van der Waals surface area contributed by atoms with Crippen LogP contribution in [0.1, 0.15) is 24.3 Å². The standard InChI is InChI=1S/C12H14ClNO2/c1-14-7-8(5-6-11(15)16)9-3-2-4-10(13)12(9)14/h2-4,8H,5-7H2,1H3,(H,15,16). The highest BCUT2D eigenvalue weighted by molar-refractivity contribution is 6.33. The normalized spacial score (nSPS) is 18.6. The van der Waals surface area contributed by atoms with Crippen LogP contribution in [0.2, 0.25) is 5.02 Å². The van der Waals surface area contributed by atoms with Gasteiger partial charge in [-0.15, -0.1) is 0 Å². The molecule has 2 rings (SSSR count). The zero-order valence-corrected chi connectivity index (χ0v) is 9.87. The van der Waals surface area contributed by atoms with Gasteiger partial charge in [-0.3, -0.25) is 4.79 Å². The Bertz CT molecular complexity index is 419. The van der Waals surface area contributed by atoms with Crippen molar-refractivity contribution in [1.82, 2.24) is 0 Å². The van der Waals surface area contributed by atoms with Crippen molar-refractivity contribution in [2.45, 2.75) is 18.8 Å². The van der Waals surface area contributed by atoms with Crippen LogP contribution in [0.3, 0.4) is 0 Å². The van der Waals surface area contributed by atoms with Gasteiger partial charge in [0.25, 0.3) is 0 Å². The second-order valence-corrected chi connectivity index (χ2v) is 4.59. The minimum atomic E-state index is -0.738. The van der Waals surface area contributed by atoms with Crippen molar-refractivity contribution in [1.29, 1.82) is 0 Å². The number of likely N-dealkylation sites (N-methyl/N-ethyl adjacent to an activating group) is 1. The molecule has 0 amide bonds. The third-order valence-electron chi connectivity index (χ3n) is 3.04. The summed E-state index contributed by atoms with van der Waals surface area (Å²) in [5.41, 5.74) is 2.23. The van der Waals surface area contributed by atoms with Gasteiger partial charge in [0.2, 0.25) is 0 Å².